The van der Waals surface area contributed by atoms with E-state index in [1.165, 1.54) is 22.3 Å². The summed E-state index contributed by atoms with van der Waals surface area (Å²) in [6.45, 7) is 7.88. The number of ether oxygens (including phenoxy) is 2. The molecule has 0 heterocycles. The summed E-state index contributed by atoms with van der Waals surface area (Å²) in [6, 6.07) is 2.20. The van der Waals surface area contributed by atoms with Crippen LogP contribution in [0.4, 0.5) is 0 Å². The minimum Gasteiger partial charge on any atom is -0.496 e. The largest absolute Gasteiger partial charge is 0.496 e. The Bertz CT molecular complexity index is 388. The Kier molecular flexibility index (Phi) is 4.97. The lowest BCUT2D eigenvalue weighted by Gasteiger charge is -2.20. The molecule has 96 valence electrons. The molecular formula is C14H23NO2. The number of aryl methyl sites for hydroxylation is 1. The summed E-state index contributed by atoms with van der Waals surface area (Å²) >= 11 is 0. The quantitative estimate of drug-likeness (QED) is 0.735. The molecule has 0 amide bonds. The molecule has 0 unspecified atom stereocenters. The van der Waals surface area contributed by atoms with E-state index >= 15 is 0 Å². The highest BCUT2D eigenvalue weighted by atomic mass is 16.5. The first-order valence-corrected chi connectivity index (χ1v) is 5.82. The summed E-state index contributed by atoms with van der Waals surface area (Å²) in [7, 11) is 5.50. The van der Waals surface area contributed by atoms with Gasteiger partial charge in [0.05, 0.1) is 13.8 Å². The SMILES string of the molecule is COCN(C)Cc1cc(C)c(OC)c(C)c1C. The molecule has 0 aliphatic rings. The molecule has 0 fully saturated rings. The second kappa shape index (κ2) is 6.03. The van der Waals surface area contributed by atoms with Gasteiger partial charge in [-0.05, 0) is 50.1 Å². The third-order valence-corrected chi connectivity index (χ3v) is 3.13. The van der Waals surface area contributed by atoms with E-state index in [1.54, 1.807) is 14.2 Å². The third-order valence-electron chi connectivity index (χ3n) is 3.13. The first kappa shape index (κ1) is 14.0. The van der Waals surface area contributed by atoms with Gasteiger partial charge < -0.3 is 9.47 Å². The lowest BCUT2D eigenvalue weighted by Crippen LogP contribution is -2.21. The molecule has 0 aliphatic carbocycles. The lowest BCUT2D eigenvalue weighted by molar-refractivity contribution is 0.0770. The Balaban J connectivity index is 3.02. The highest BCUT2D eigenvalue weighted by molar-refractivity contribution is 5.48. The molecule has 0 aromatic heterocycles. The second-order valence-electron chi connectivity index (χ2n) is 4.57. The number of methoxy groups -OCH3 is 2. The van der Waals surface area contributed by atoms with E-state index in [0.29, 0.717) is 6.73 Å². The molecule has 0 radical (unpaired) electrons. The van der Waals surface area contributed by atoms with Crippen LogP contribution in [0.15, 0.2) is 6.07 Å². The average molecular weight is 237 g/mol. The van der Waals surface area contributed by atoms with E-state index in [2.05, 4.69) is 38.8 Å². The maximum absolute atomic E-state index is 5.43. The summed E-state index contributed by atoms with van der Waals surface area (Å²) in [5, 5.41) is 0. The van der Waals surface area contributed by atoms with Crippen molar-refractivity contribution in [2.24, 2.45) is 0 Å². The fraction of sp³-hybridized carbons (Fsp3) is 0.571. The Morgan fingerprint density at radius 2 is 1.76 bits per heavy atom. The van der Waals surface area contributed by atoms with E-state index in [1.807, 2.05) is 0 Å². The number of benzene rings is 1. The maximum atomic E-state index is 5.43. The minimum absolute atomic E-state index is 0.642. The Morgan fingerprint density at radius 1 is 1.12 bits per heavy atom. The summed E-state index contributed by atoms with van der Waals surface area (Å²) in [5.74, 6) is 1.00. The molecule has 1 aromatic carbocycles. The number of hydrogen-bond donors (Lipinski definition) is 0. The second-order valence-corrected chi connectivity index (χ2v) is 4.57. The van der Waals surface area contributed by atoms with Gasteiger partial charge in [0.2, 0.25) is 0 Å². The number of nitrogens with zero attached hydrogens (tertiary/aromatic N) is 1. The van der Waals surface area contributed by atoms with Crippen molar-refractivity contribution in [3.8, 4) is 5.75 Å². The van der Waals surface area contributed by atoms with Gasteiger partial charge in [-0.3, -0.25) is 4.90 Å². The molecule has 17 heavy (non-hydrogen) atoms. The van der Waals surface area contributed by atoms with Crippen LogP contribution in [-0.2, 0) is 11.3 Å². The fourth-order valence-electron chi connectivity index (χ4n) is 2.18. The predicted octanol–water partition coefficient (Wildman–Crippen LogP) is 2.66. The standard InChI is InChI=1S/C14H23NO2/c1-10-7-13(8-15(4)9-16-5)11(2)12(3)14(10)17-6/h7H,8-9H2,1-6H3. The van der Waals surface area contributed by atoms with Gasteiger partial charge in [-0.25, -0.2) is 0 Å². The van der Waals surface area contributed by atoms with Crippen molar-refractivity contribution < 1.29 is 9.47 Å². The van der Waals surface area contributed by atoms with E-state index in [4.69, 9.17) is 9.47 Å². The van der Waals surface area contributed by atoms with Crippen LogP contribution >= 0.6 is 0 Å². The Hall–Kier alpha value is -1.06. The van der Waals surface area contributed by atoms with Crippen molar-refractivity contribution in [3.63, 3.8) is 0 Å². The Morgan fingerprint density at radius 3 is 2.29 bits per heavy atom. The first-order chi connectivity index (χ1) is 8.01. The van der Waals surface area contributed by atoms with E-state index in [0.717, 1.165) is 12.3 Å². The smallest absolute Gasteiger partial charge is 0.124 e. The first-order valence-electron chi connectivity index (χ1n) is 5.82. The summed E-state index contributed by atoms with van der Waals surface area (Å²) in [4.78, 5) is 2.15. The van der Waals surface area contributed by atoms with Crippen LogP contribution in [0.1, 0.15) is 22.3 Å². The molecule has 0 aliphatic heterocycles. The van der Waals surface area contributed by atoms with Gasteiger partial charge in [0, 0.05) is 13.7 Å². The predicted molar refractivity (Wildman–Crippen MR) is 70.5 cm³/mol. The van der Waals surface area contributed by atoms with Gasteiger partial charge >= 0.3 is 0 Å². The monoisotopic (exact) mass is 237 g/mol. The fourth-order valence-corrected chi connectivity index (χ4v) is 2.18. The number of hydrogen-bond acceptors (Lipinski definition) is 3. The van der Waals surface area contributed by atoms with Crippen LogP contribution in [0.25, 0.3) is 0 Å². The van der Waals surface area contributed by atoms with Crippen LogP contribution < -0.4 is 4.74 Å². The molecule has 0 atom stereocenters. The molecule has 0 bridgehead atoms. The van der Waals surface area contributed by atoms with Gasteiger partial charge in [0.15, 0.2) is 0 Å². The molecular weight excluding hydrogens is 214 g/mol. The highest BCUT2D eigenvalue weighted by Crippen LogP contribution is 2.28. The van der Waals surface area contributed by atoms with Crippen molar-refractivity contribution in [3.05, 3.63) is 28.3 Å². The van der Waals surface area contributed by atoms with Crippen LogP contribution in [0.2, 0.25) is 0 Å². The zero-order valence-electron chi connectivity index (χ0n) is 11.8. The van der Waals surface area contributed by atoms with Gasteiger partial charge in [0.25, 0.3) is 0 Å². The number of rotatable bonds is 5. The molecule has 0 saturated heterocycles. The summed E-state index contributed by atoms with van der Waals surface area (Å²) in [5.41, 5.74) is 5.06. The van der Waals surface area contributed by atoms with Crippen molar-refractivity contribution in [2.75, 3.05) is 28.0 Å². The van der Waals surface area contributed by atoms with Gasteiger partial charge in [-0.15, -0.1) is 0 Å². The molecule has 3 heteroatoms. The van der Waals surface area contributed by atoms with Gasteiger partial charge in [-0.1, -0.05) is 6.07 Å². The van der Waals surface area contributed by atoms with Gasteiger partial charge in [0.1, 0.15) is 5.75 Å². The van der Waals surface area contributed by atoms with Gasteiger partial charge in [-0.2, -0.15) is 0 Å². The van der Waals surface area contributed by atoms with Crippen LogP contribution in [0.5, 0.6) is 5.75 Å². The van der Waals surface area contributed by atoms with Crippen LogP contribution in [-0.4, -0.2) is 32.9 Å². The van der Waals surface area contributed by atoms with E-state index < -0.39 is 0 Å². The maximum Gasteiger partial charge on any atom is 0.124 e. The molecule has 1 rings (SSSR count). The van der Waals surface area contributed by atoms with E-state index in [-0.39, 0.29) is 0 Å². The van der Waals surface area contributed by atoms with E-state index in [9.17, 15) is 0 Å². The van der Waals surface area contributed by atoms with Crippen molar-refractivity contribution in [2.45, 2.75) is 27.3 Å². The highest BCUT2D eigenvalue weighted by Gasteiger charge is 2.11. The van der Waals surface area contributed by atoms with Crippen molar-refractivity contribution in [1.29, 1.82) is 0 Å². The van der Waals surface area contributed by atoms with Crippen molar-refractivity contribution in [1.82, 2.24) is 4.90 Å². The lowest BCUT2D eigenvalue weighted by atomic mass is 9.98. The zero-order valence-corrected chi connectivity index (χ0v) is 11.8. The minimum atomic E-state index is 0.642. The summed E-state index contributed by atoms with van der Waals surface area (Å²) < 4.78 is 10.5. The zero-order chi connectivity index (χ0) is 13.0. The topological polar surface area (TPSA) is 21.7 Å². The average Bonchev–Trinajstić information content (AvgIpc) is 2.26. The molecule has 0 saturated carbocycles. The molecule has 0 spiro atoms. The van der Waals surface area contributed by atoms with Crippen LogP contribution in [0.3, 0.4) is 0 Å². The molecule has 0 N–H and O–H groups in total. The Labute approximate surface area is 104 Å². The van der Waals surface area contributed by atoms with Crippen molar-refractivity contribution >= 4 is 0 Å². The molecule has 3 nitrogen and oxygen atoms in total. The molecule has 1 aromatic rings. The summed E-state index contributed by atoms with van der Waals surface area (Å²) in [6.07, 6.45) is 0. The third kappa shape index (κ3) is 3.20. The van der Waals surface area contributed by atoms with Crippen LogP contribution in [0, 0.1) is 20.8 Å². The normalized spacial score (nSPS) is 11.0.